The van der Waals surface area contributed by atoms with E-state index in [2.05, 4.69) is 20.8 Å². The van der Waals surface area contributed by atoms with E-state index in [1.807, 2.05) is 31.2 Å². The van der Waals surface area contributed by atoms with Crippen molar-refractivity contribution in [3.05, 3.63) is 41.5 Å². The number of rotatable bonds is 8. The Morgan fingerprint density at radius 2 is 2.07 bits per heavy atom. The van der Waals surface area contributed by atoms with E-state index in [0.29, 0.717) is 24.9 Å². The molecule has 0 bridgehead atoms. The standard InChI is InChI=1S/C20H28N4O3/c1-15-7-6-8-17(13-15)26-12-11-21-18(25)14-22-20(9-4-3-5-10-20)19-23-16(2)27-24-19/h6-8,13,22H,3-5,9-12,14H2,1-2H3,(H,21,25). The molecule has 1 amide bonds. The van der Waals surface area contributed by atoms with Crippen molar-refractivity contribution in [2.75, 3.05) is 19.7 Å². The van der Waals surface area contributed by atoms with E-state index in [-0.39, 0.29) is 18.0 Å². The lowest BCUT2D eigenvalue weighted by atomic mass is 9.81. The molecule has 3 rings (SSSR count). The van der Waals surface area contributed by atoms with Gasteiger partial charge in [0.05, 0.1) is 18.6 Å². The van der Waals surface area contributed by atoms with Gasteiger partial charge < -0.3 is 14.6 Å². The van der Waals surface area contributed by atoms with Crippen LogP contribution in [0, 0.1) is 13.8 Å². The molecule has 2 aromatic rings. The molecule has 0 aliphatic heterocycles. The van der Waals surface area contributed by atoms with E-state index in [0.717, 1.165) is 37.0 Å². The monoisotopic (exact) mass is 372 g/mol. The third-order valence-corrected chi connectivity index (χ3v) is 4.93. The Labute approximate surface area is 159 Å². The largest absolute Gasteiger partial charge is 0.492 e. The van der Waals surface area contributed by atoms with E-state index in [9.17, 15) is 4.79 Å². The van der Waals surface area contributed by atoms with E-state index >= 15 is 0 Å². The second kappa shape index (κ2) is 8.99. The van der Waals surface area contributed by atoms with Gasteiger partial charge in [0, 0.05) is 6.92 Å². The molecule has 0 unspecified atom stereocenters. The minimum absolute atomic E-state index is 0.0620. The highest BCUT2D eigenvalue weighted by atomic mass is 16.5. The Hall–Kier alpha value is -2.41. The van der Waals surface area contributed by atoms with Gasteiger partial charge in [0.25, 0.3) is 0 Å². The quantitative estimate of drug-likeness (QED) is 0.693. The molecule has 1 aromatic heterocycles. The normalized spacial score (nSPS) is 16.1. The van der Waals surface area contributed by atoms with E-state index in [4.69, 9.17) is 9.26 Å². The summed E-state index contributed by atoms with van der Waals surface area (Å²) in [5.41, 5.74) is 0.779. The Kier molecular flexibility index (Phi) is 6.45. The van der Waals surface area contributed by atoms with Crippen LogP contribution < -0.4 is 15.4 Å². The lowest BCUT2D eigenvalue weighted by molar-refractivity contribution is -0.120. The molecule has 0 spiro atoms. The first kappa shape index (κ1) is 19.4. The molecule has 27 heavy (non-hydrogen) atoms. The van der Waals surface area contributed by atoms with Crippen LogP contribution in [0.2, 0.25) is 0 Å². The second-order valence-corrected chi connectivity index (χ2v) is 7.15. The number of benzene rings is 1. The molecule has 2 N–H and O–H groups in total. The number of hydrogen-bond acceptors (Lipinski definition) is 6. The number of carbonyl (C=O) groups is 1. The molecule has 7 heteroatoms. The molecule has 0 radical (unpaired) electrons. The van der Waals surface area contributed by atoms with Gasteiger partial charge in [-0.25, -0.2) is 0 Å². The third kappa shape index (κ3) is 5.29. The fraction of sp³-hybridized carbons (Fsp3) is 0.550. The predicted molar refractivity (Wildman–Crippen MR) is 101 cm³/mol. The van der Waals surface area contributed by atoms with Gasteiger partial charge in [-0.15, -0.1) is 0 Å². The van der Waals surface area contributed by atoms with Crippen LogP contribution in [0.1, 0.15) is 49.4 Å². The van der Waals surface area contributed by atoms with Crippen LogP contribution in [0.5, 0.6) is 5.75 Å². The Morgan fingerprint density at radius 3 is 2.78 bits per heavy atom. The lowest BCUT2D eigenvalue weighted by Gasteiger charge is -2.35. The van der Waals surface area contributed by atoms with Crippen LogP contribution in [-0.4, -0.2) is 35.7 Å². The van der Waals surface area contributed by atoms with Crippen molar-refractivity contribution in [3.63, 3.8) is 0 Å². The summed E-state index contributed by atoms with van der Waals surface area (Å²) in [7, 11) is 0. The van der Waals surface area contributed by atoms with Crippen molar-refractivity contribution in [1.82, 2.24) is 20.8 Å². The number of aryl methyl sites for hydroxylation is 2. The summed E-state index contributed by atoms with van der Waals surface area (Å²) in [6.45, 7) is 4.92. The molecule has 1 saturated carbocycles. The van der Waals surface area contributed by atoms with Crippen molar-refractivity contribution in [2.24, 2.45) is 0 Å². The smallest absolute Gasteiger partial charge is 0.234 e. The predicted octanol–water partition coefficient (Wildman–Crippen LogP) is 2.63. The maximum absolute atomic E-state index is 12.2. The maximum atomic E-state index is 12.2. The SMILES string of the molecule is Cc1cccc(OCCNC(=O)CNC2(c3noc(C)n3)CCCCC2)c1. The number of nitrogens with one attached hydrogen (secondary N) is 2. The zero-order valence-corrected chi connectivity index (χ0v) is 16.1. The zero-order valence-electron chi connectivity index (χ0n) is 16.1. The average molecular weight is 372 g/mol. The lowest BCUT2D eigenvalue weighted by Crippen LogP contribution is -2.49. The molecule has 7 nitrogen and oxygen atoms in total. The van der Waals surface area contributed by atoms with Crippen LogP contribution in [0.4, 0.5) is 0 Å². The van der Waals surface area contributed by atoms with Gasteiger partial charge in [-0.05, 0) is 37.5 Å². The van der Waals surface area contributed by atoms with E-state index in [1.165, 1.54) is 6.42 Å². The maximum Gasteiger partial charge on any atom is 0.234 e. The van der Waals surface area contributed by atoms with Gasteiger partial charge in [-0.1, -0.05) is 36.6 Å². The highest BCUT2D eigenvalue weighted by Crippen LogP contribution is 2.35. The number of ether oxygens (including phenoxy) is 1. The highest BCUT2D eigenvalue weighted by Gasteiger charge is 2.38. The number of aromatic nitrogens is 2. The van der Waals surface area contributed by atoms with Gasteiger partial charge in [-0.3, -0.25) is 10.1 Å². The Bertz CT molecular complexity index is 753. The summed E-state index contributed by atoms with van der Waals surface area (Å²) < 4.78 is 10.8. The molecule has 1 heterocycles. The van der Waals surface area contributed by atoms with Crippen molar-refractivity contribution in [1.29, 1.82) is 0 Å². The first-order valence-electron chi connectivity index (χ1n) is 9.59. The summed E-state index contributed by atoms with van der Waals surface area (Å²) in [5, 5.41) is 10.4. The minimum atomic E-state index is -0.370. The Morgan fingerprint density at radius 1 is 1.26 bits per heavy atom. The van der Waals surface area contributed by atoms with Crippen LogP contribution in [0.25, 0.3) is 0 Å². The van der Waals surface area contributed by atoms with Gasteiger partial charge >= 0.3 is 0 Å². The summed E-state index contributed by atoms with van der Waals surface area (Å²) in [5.74, 6) is 1.97. The topological polar surface area (TPSA) is 89.3 Å². The number of nitrogens with zero attached hydrogens (tertiary/aromatic N) is 2. The summed E-state index contributed by atoms with van der Waals surface area (Å²) in [6, 6.07) is 7.86. The summed E-state index contributed by atoms with van der Waals surface area (Å²) in [4.78, 5) is 16.6. The molecular weight excluding hydrogens is 344 g/mol. The fourth-order valence-electron chi connectivity index (χ4n) is 3.50. The van der Waals surface area contributed by atoms with Gasteiger partial charge in [0.15, 0.2) is 5.82 Å². The summed E-state index contributed by atoms with van der Waals surface area (Å²) >= 11 is 0. The van der Waals surface area contributed by atoms with Crippen molar-refractivity contribution in [3.8, 4) is 5.75 Å². The summed E-state index contributed by atoms with van der Waals surface area (Å²) in [6.07, 6.45) is 5.20. The van der Waals surface area contributed by atoms with Gasteiger partial charge in [0.1, 0.15) is 12.4 Å². The molecule has 1 aliphatic carbocycles. The van der Waals surface area contributed by atoms with E-state index in [1.54, 1.807) is 6.92 Å². The van der Waals surface area contributed by atoms with Crippen LogP contribution >= 0.6 is 0 Å². The third-order valence-electron chi connectivity index (χ3n) is 4.93. The minimum Gasteiger partial charge on any atom is -0.492 e. The molecule has 1 aliphatic rings. The number of amides is 1. The number of hydrogen-bond donors (Lipinski definition) is 2. The molecular formula is C20H28N4O3. The van der Waals surface area contributed by atoms with Crippen molar-refractivity contribution in [2.45, 2.75) is 51.5 Å². The number of carbonyl (C=O) groups excluding carboxylic acids is 1. The molecule has 1 fully saturated rings. The molecule has 0 atom stereocenters. The van der Waals surface area contributed by atoms with E-state index < -0.39 is 0 Å². The van der Waals surface area contributed by atoms with Crippen LogP contribution in [0.15, 0.2) is 28.8 Å². The first-order valence-corrected chi connectivity index (χ1v) is 9.59. The second-order valence-electron chi connectivity index (χ2n) is 7.15. The fourth-order valence-corrected chi connectivity index (χ4v) is 3.50. The molecule has 146 valence electrons. The van der Waals surface area contributed by atoms with Crippen LogP contribution in [-0.2, 0) is 10.3 Å². The zero-order chi connectivity index (χ0) is 19.1. The van der Waals surface area contributed by atoms with Gasteiger partial charge in [0.2, 0.25) is 11.8 Å². The molecule has 0 saturated heterocycles. The van der Waals surface area contributed by atoms with Crippen molar-refractivity contribution < 1.29 is 14.1 Å². The van der Waals surface area contributed by atoms with Crippen LogP contribution in [0.3, 0.4) is 0 Å². The molecule has 1 aromatic carbocycles. The van der Waals surface area contributed by atoms with Gasteiger partial charge in [-0.2, -0.15) is 4.98 Å². The highest BCUT2D eigenvalue weighted by molar-refractivity contribution is 5.78. The first-order chi connectivity index (χ1) is 13.1. The average Bonchev–Trinajstić information content (AvgIpc) is 3.11. The Balaban J connectivity index is 1.45. The van der Waals surface area contributed by atoms with Crippen molar-refractivity contribution >= 4 is 5.91 Å².